The third kappa shape index (κ3) is 5.87. The molecule has 1 N–H and O–H groups in total. The first kappa shape index (κ1) is 22.4. The van der Waals surface area contributed by atoms with E-state index in [9.17, 15) is 14.9 Å². The summed E-state index contributed by atoms with van der Waals surface area (Å²) in [6.45, 7) is 6.18. The summed E-state index contributed by atoms with van der Waals surface area (Å²) in [6, 6.07) is 12.3. The summed E-state index contributed by atoms with van der Waals surface area (Å²) < 4.78 is 10.5. The van der Waals surface area contributed by atoms with Gasteiger partial charge in [-0.15, -0.1) is 0 Å². The average molecular weight is 428 g/mol. The molecule has 2 aromatic carbocycles. The predicted octanol–water partition coefficient (Wildman–Crippen LogP) is 4.10. The number of amides is 1. The molecule has 0 bridgehead atoms. The second-order valence-electron chi connectivity index (χ2n) is 7.93. The predicted molar refractivity (Wildman–Crippen MR) is 119 cm³/mol. The number of hydrogen-bond acceptors (Lipinski definition) is 6. The van der Waals surface area contributed by atoms with Crippen LogP contribution in [-0.4, -0.2) is 37.6 Å². The molecule has 8 heteroatoms. The van der Waals surface area contributed by atoms with Gasteiger partial charge in [0.05, 0.1) is 18.1 Å². The van der Waals surface area contributed by atoms with Crippen molar-refractivity contribution >= 4 is 17.3 Å². The number of anilines is 1. The fourth-order valence-corrected chi connectivity index (χ4v) is 3.65. The second kappa shape index (κ2) is 10.1. The van der Waals surface area contributed by atoms with E-state index in [1.807, 2.05) is 19.1 Å². The molecule has 166 valence electrons. The van der Waals surface area contributed by atoms with E-state index < -0.39 is 4.92 Å². The van der Waals surface area contributed by atoms with E-state index in [0.29, 0.717) is 5.75 Å². The number of carbonyl (C=O) groups is 1. The van der Waals surface area contributed by atoms with E-state index in [-0.39, 0.29) is 30.0 Å². The van der Waals surface area contributed by atoms with Crippen molar-refractivity contribution < 1.29 is 19.2 Å². The monoisotopic (exact) mass is 427 g/mol. The Balaban J connectivity index is 1.52. The van der Waals surface area contributed by atoms with Crippen LogP contribution >= 0.6 is 0 Å². The Bertz CT molecular complexity index is 908. The van der Waals surface area contributed by atoms with Crippen LogP contribution in [0.2, 0.25) is 0 Å². The molecule has 1 saturated heterocycles. The van der Waals surface area contributed by atoms with E-state index in [1.54, 1.807) is 0 Å². The Hall–Kier alpha value is -3.29. The van der Waals surface area contributed by atoms with Gasteiger partial charge in [-0.1, -0.05) is 19.1 Å². The Kier molecular flexibility index (Phi) is 7.33. The van der Waals surface area contributed by atoms with Crippen molar-refractivity contribution in [3.05, 3.63) is 58.1 Å². The summed E-state index contributed by atoms with van der Waals surface area (Å²) in [5.41, 5.74) is 2.07. The Labute approximate surface area is 182 Å². The van der Waals surface area contributed by atoms with Crippen LogP contribution in [0.1, 0.15) is 38.3 Å². The van der Waals surface area contributed by atoms with Crippen molar-refractivity contribution in [1.82, 2.24) is 5.32 Å². The van der Waals surface area contributed by atoms with Gasteiger partial charge in [-0.2, -0.15) is 0 Å². The summed E-state index contributed by atoms with van der Waals surface area (Å²) in [6.07, 6.45) is 2.43. The van der Waals surface area contributed by atoms with E-state index in [4.69, 9.17) is 9.47 Å². The van der Waals surface area contributed by atoms with Crippen LogP contribution in [0, 0.1) is 16.0 Å². The van der Waals surface area contributed by atoms with Crippen LogP contribution in [0.15, 0.2) is 42.5 Å². The number of nitro benzene ring substituents is 1. The smallest absolute Gasteiger partial charge is 0.311 e. The Morgan fingerprint density at radius 3 is 2.52 bits per heavy atom. The number of nitrogens with zero attached hydrogens (tertiary/aromatic N) is 2. The highest BCUT2D eigenvalue weighted by atomic mass is 16.6. The van der Waals surface area contributed by atoms with Crippen molar-refractivity contribution in [3.8, 4) is 11.5 Å². The maximum absolute atomic E-state index is 12.3. The van der Waals surface area contributed by atoms with E-state index >= 15 is 0 Å². The molecule has 2 aromatic rings. The molecule has 1 aliphatic rings. The van der Waals surface area contributed by atoms with Crippen LogP contribution in [0.25, 0.3) is 0 Å². The molecule has 0 spiro atoms. The SMILES string of the molecule is COc1cc(OCC(=O)NC(C)c2ccc(N3CCC(C)CC3)cc2)ccc1[N+](=O)[O-]. The van der Waals surface area contributed by atoms with Gasteiger partial charge in [0, 0.05) is 30.9 Å². The number of methoxy groups -OCH3 is 1. The first-order valence-corrected chi connectivity index (χ1v) is 10.5. The molecule has 8 nitrogen and oxygen atoms in total. The van der Waals surface area contributed by atoms with Gasteiger partial charge in [-0.3, -0.25) is 14.9 Å². The van der Waals surface area contributed by atoms with Gasteiger partial charge >= 0.3 is 5.69 Å². The molecule has 3 rings (SSSR count). The van der Waals surface area contributed by atoms with Crippen molar-refractivity contribution in [1.29, 1.82) is 0 Å². The van der Waals surface area contributed by atoms with E-state index in [0.717, 1.165) is 24.6 Å². The number of piperidine rings is 1. The van der Waals surface area contributed by atoms with E-state index in [2.05, 4.69) is 29.3 Å². The summed E-state index contributed by atoms with van der Waals surface area (Å²) in [4.78, 5) is 25.1. The number of nitro groups is 1. The zero-order chi connectivity index (χ0) is 22.4. The Morgan fingerprint density at radius 2 is 1.90 bits per heavy atom. The fourth-order valence-electron chi connectivity index (χ4n) is 3.65. The highest BCUT2D eigenvalue weighted by Crippen LogP contribution is 2.30. The maximum atomic E-state index is 12.3. The standard InChI is InChI=1S/C23H29N3O5/c1-16-10-12-25(13-11-16)19-6-4-18(5-7-19)17(2)24-23(27)15-31-20-8-9-21(26(28)29)22(14-20)30-3/h4-9,14,16-17H,10-13,15H2,1-3H3,(H,24,27). The first-order valence-electron chi connectivity index (χ1n) is 10.5. The second-order valence-corrected chi connectivity index (χ2v) is 7.93. The number of rotatable bonds is 8. The number of ether oxygens (including phenoxy) is 2. The topological polar surface area (TPSA) is 93.9 Å². The molecule has 1 heterocycles. The molecule has 0 radical (unpaired) electrons. The first-order chi connectivity index (χ1) is 14.9. The number of benzene rings is 2. The molecule has 0 aromatic heterocycles. The van der Waals surface area contributed by atoms with Gasteiger partial charge < -0.3 is 19.7 Å². The van der Waals surface area contributed by atoms with Gasteiger partial charge in [0.2, 0.25) is 5.75 Å². The van der Waals surface area contributed by atoms with Gasteiger partial charge in [0.15, 0.2) is 6.61 Å². The lowest BCUT2D eigenvalue weighted by atomic mass is 9.98. The Morgan fingerprint density at radius 1 is 1.23 bits per heavy atom. The molecule has 0 aliphatic carbocycles. The minimum absolute atomic E-state index is 0.0829. The van der Waals surface area contributed by atoms with E-state index in [1.165, 1.54) is 43.8 Å². The maximum Gasteiger partial charge on any atom is 0.311 e. The molecule has 1 aliphatic heterocycles. The molecule has 1 amide bonds. The van der Waals surface area contributed by atoms with Crippen LogP contribution in [0.5, 0.6) is 11.5 Å². The quantitative estimate of drug-likeness (QED) is 0.504. The summed E-state index contributed by atoms with van der Waals surface area (Å²) in [7, 11) is 1.34. The van der Waals surface area contributed by atoms with Gasteiger partial charge in [-0.25, -0.2) is 0 Å². The highest BCUT2D eigenvalue weighted by Gasteiger charge is 2.18. The molecule has 31 heavy (non-hydrogen) atoms. The van der Waals surface area contributed by atoms with Crippen molar-refractivity contribution in [2.75, 3.05) is 31.7 Å². The van der Waals surface area contributed by atoms with Crippen LogP contribution < -0.4 is 19.7 Å². The molecule has 1 unspecified atom stereocenters. The third-order valence-corrected chi connectivity index (χ3v) is 5.64. The van der Waals surface area contributed by atoms with Crippen molar-refractivity contribution in [2.45, 2.75) is 32.7 Å². The summed E-state index contributed by atoms with van der Waals surface area (Å²) >= 11 is 0. The van der Waals surface area contributed by atoms with Crippen molar-refractivity contribution in [3.63, 3.8) is 0 Å². The minimum atomic E-state index is -0.534. The normalized spacial score (nSPS) is 15.3. The van der Waals surface area contributed by atoms with Crippen LogP contribution in [0.3, 0.4) is 0 Å². The summed E-state index contributed by atoms with van der Waals surface area (Å²) in [5.74, 6) is 0.920. The highest BCUT2D eigenvalue weighted by molar-refractivity contribution is 5.78. The van der Waals surface area contributed by atoms with Gasteiger partial charge in [0.1, 0.15) is 5.75 Å². The van der Waals surface area contributed by atoms with Crippen LogP contribution in [-0.2, 0) is 4.79 Å². The molecule has 1 fully saturated rings. The van der Waals surface area contributed by atoms with Crippen LogP contribution in [0.4, 0.5) is 11.4 Å². The average Bonchev–Trinajstić information content (AvgIpc) is 2.78. The van der Waals surface area contributed by atoms with Gasteiger partial charge in [-0.05, 0) is 49.4 Å². The fraction of sp³-hybridized carbons (Fsp3) is 0.435. The number of hydrogen-bond donors (Lipinski definition) is 1. The molecule has 1 atom stereocenters. The van der Waals surface area contributed by atoms with Crippen molar-refractivity contribution in [2.24, 2.45) is 5.92 Å². The zero-order valence-electron chi connectivity index (χ0n) is 18.2. The molecule has 0 saturated carbocycles. The largest absolute Gasteiger partial charge is 0.490 e. The minimum Gasteiger partial charge on any atom is -0.490 e. The number of carbonyl (C=O) groups excluding carboxylic acids is 1. The lowest BCUT2D eigenvalue weighted by Gasteiger charge is -2.32. The lowest BCUT2D eigenvalue weighted by Crippen LogP contribution is -2.33. The number of nitrogens with one attached hydrogen (secondary N) is 1. The third-order valence-electron chi connectivity index (χ3n) is 5.64. The lowest BCUT2D eigenvalue weighted by molar-refractivity contribution is -0.385. The molecular weight excluding hydrogens is 398 g/mol. The molecular formula is C23H29N3O5. The summed E-state index contributed by atoms with van der Waals surface area (Å²) in [5, 5.41) is 13.9. The zero-order valence-corrected chi connectivity index (χ0v) is 18.2. The van der Waals surface area contributed by atoms with Gasteiger partial charge in [0.25, 0.3) is 5.91 Å².